The highest BCUT2D eigenvalue weighted by atomic mass is 16.5. The number of aromatic nitrogens is 2. The van der Waals surface area contributed by atoms with Crippen LogP contribution in [0.25, 0.3) is 11.3 Å². The van der Waals surface area contributed by atoms with Crippen LogP contribution in [0.4, 0.5) is 5.82 Å². The van der Waals surface area contributed by atoms with E-state index in [0.29, 0.717) is 32.1 Å². The van der Waals surface area contributed by atoms with Gasteiger partial charge in [0.25, 0.3) is 0 Å². The smallest absolute Gasteiger partial charge is 0.242 e. The van der Waals surface area contributed by atoms with Crippen molar-refractivity contribution in [1.82, 2.24) is 20.0 Å². The fourth-order valence-electron chi connectivity index (χ4n) is 4.66. The molecule has 1 aromatic carbocycles. The third-order valence-electron chi connectivity index (χ3n) is 6.89. The lowest BCUT2D eigenvalue weighted by Crippen LogP contribution is -2.48. The van der Waals surface area contributed by atoms with E-state index in [0.717, 1.165) is 55.1 Å². The van der Waals surface area contributed by atoms with E-state index in [1.54, 1.807) is 12.0 Å². The predicted octanol–water partition coefficient (Wildman–Crippen LogP) is 3.48. The highest BCUT2D eigenvalue weighted by molar-refractivity contribution is 5.86. The lowest BCUT2D eigenvalue weighted by molar-refractivity contribution is -0.145. The number of rotatable bonds is 8. The van der Waals surface area contributed by atoms with Crippen molar-refractivity contribution >= 4 is 17.6 Å². The Labute approximate surface area is 208 Å². The third kappa shape index (κ3) is 6.29. The van der Waals surface area contributed by atoms with Crippen LogP contribution in [0.3, 0.4) is 0 Å². The van der Waals surface area contributed by atoms with Crippen LogP contribution in [-0.4, -0.2) is 78.2 Å². The number of anilines is 1. The summed E-state index contributed by atoms with van der Waals surface area (Å²) in [5.74, 6) is 2.27. The summed E-state index contributed by atoms with van der Waals surface area (Å²) in [6, 6.07) is 11.7. The van der Waals surface area contributed by atoms with Crippen molar-refractivity contribution in [1.29, 1.82) is 0 Å². The van der Waals surface area contributed by atoms with Crippen molar-refractivity contribution in [2.75, 3.05) is 51.3 Å². The number of hydrogen-bond acceptors (Lipinski definition) is 6. The van der Waals surface area contributed by atoms with E-state index >= 15 is 0 Å². The van der Waals surface area contributed by atoms with Crippen molar-refractivity contribution < 1.29 is 14.3 Å². The van der Waals surface area contributed by atoms with Crippen LogP contribution < -0.4 is 9.64 Å². The average Bonchev–Trinajstić information content (AvgIpc) is 3.09. The number of ether oxygens (including phenoxy) is 1. The van der Waals surface area contributed by atoms with Gasteiger partial charge in [0.1, 0.15) is 5.75 Å². The second-order valence-corrected chi connectivity index (χ2v) is 9.97. The molecule has 0 atom stereocenters. The minimum absolute atomic E-state index is 0.0427. The number of methoxy groups -OCH3 is 1. The van der Waals surface area contributed by atoms with E-state index in [2.05, 4.69) is 28.9 Å². The molecule has 0 spiro atoms. The van der Waals surface area contributed by atoms with Gasteiger partial charge in [0.2, 0.25) is 11.8 Å². The molecule has 8 heteroatoms. The van der Waals surface area contributed by atoms with E-state index in [9.17, 15) is 9.59 Å². The highest BCUT2D eigenvalue weighted by Gasteiger charge is 2.32. The Morgan fingerprint density at radius 1 is 1.00 bits per heavy atom. The van der Waals surface area contributed by atoms with E-state index in [1.807, 2.05) is 41.3 Å². The van der Waals surface area contributed by atoms with Crippen LogP contribution in [-0.2, 0) is 9.59 Å². The zero-order valence-corrected chi connectivity index (χ0v) is 21.2. The van der Waals surface area contributed by atoms with Crippen molar-refractivity contribution in [3.05, 3.63) is 36.4 Å². The second-order valence-electron chi connectivity index (χ2n) is 9.97. The summed E-state index contributed by atoms with van der Waals surface area (Å²) in [5, 5.41) is 8.88. The fourth-order valence-corrected chi connectivity index (χ4v) is 4.66. The highest BCUT2D eigenvalue weighted by Crippen LogP contribution is 2.28. The molecule has 1 saturated heterocycles. The summed E-state index contributed by atoms with van der Waals surface area (Å²) in [4.78, 5) is 31.9. The maximum absolute atomic E-state index is 13.1. The molecule has 1 saturated carbocycles. The van der Waals surface area contributed by atoms with Crippen molar-refractivity contribution in [2.45, 2.75) is 39.5 Å². The van der Waals surface area contributed by atoms with E-state index in [-0.39, 0.29) is 24.3 Å². The van der Waals surface area contributed by atoms with Crippen LogP contribution in [0.2, 0.25) is 0 Å². The van der Waals surface area contributed by atoms with Crippen LogP contribution in [0.15, 0.2) is 36.4 Å². The Balaban J connectivity index is 1.34. The van der Waals surface area contributed by atoms with Gasteiger partial charge in [-0.25, -0.2) is 0 Å². The van der Waals surface area contributed by atoms with Gasteiger partial charge in [-0.2, -0.15) is 0 Å². The maximum Gasteiger partial charge on any atom is 0.242 e. The molecule has 1 aliphatic heterocycles. The van der Waals surface area contributed by atoms with Gasteiger partial charge in [-0.15, -0.1) is 10.2 Å². The number of carbonyl (C=O) groups is 2. The first-order valence-electron chi connectivity index (χ1n) is 12.7. The normalized spacial score (nSPS) is 16.6. The molecule has 35 heavy (non-hydrogen) atoms. The number of amides is 2. The Hall–Kier alpha value is -3.16. The summed E-state index contributed by atoms with van der Waals surface area (Å²) in [7, 11) is 1.65. The number of carbonyl (C=O) groups excluding carboxylic acids is 2. The van der Waals surface area contributed by atoms with Crippen molar-refractivity contribution in [3.8, 4) is 17.0 Å². The molecule has 0 N–H and O–H groups in total. The first kappa shape index (κ1) is 24.9. The Kier molecular flexibility index (Phi) is 8.21. The SMILES string of the molecule is COc1ccc(-c2ccc(N3CCCN(C(=O)CN(CC(C)C)C(=O)C4CCC4)CC3)nn2)cc1. The summed E-state index contributed by atoms with van der Waals surface area (Å²) >= 11 is 0. The molecule has 0 bridgehead atoms. The molecule has 1 aromatic heterocycles. The molecular weight excluding hydrogens is 442 g/mol. The van der Waals surface area contributed by atoms with Gasteiger partial charge in [-0.1, -0.05) is 20.3 Å². The van der Waals surface area contributed by atoms with Crippen LogP contribution in [0.1, 0.15) is 39.5 Å². The molecule has 0 unspecified atom stereocenters. The molecule has 8 nitrogen and oxygen atoms in total. The quantitative estimate of drug-likeness (QED) is 0.577. The summed E-state index contributed by atoms with van der Waals surface area (Å²) in [6.07, 6.45) is 3.89. The molecule has 0 radical (unpaired) electrons. The van der Waals surface area contributed by atoms with E-state index in [4.69, 9.17) is 4.74 Å². The molecule has 2 aromatic rings. The summed E-state index contributed by atoms with van der Waals surface area (Å²) in [5.41, 5.74) is 1.80. The number of nitrogens with zero attached hydrogens (tertiary/aromatic N) is 5. The third-order valence-corrected chi connectivity index (χ3v) is 6.89. The molecule has 1 aliphatic carbocycles. The van der Waals surface area contributed by atoms with Crippen molar-refractivity contribution in [3.63, 3.8) is 0 Å². The standard InChI is InChI=1S/C27H37N5O3/c1-20(2)18-32(27(34)22-6-4-7-22)19-26(33)31-15-5-14-30(16-17-31)25-13-12-24(28-29-25)21-8-10-23(35-3)11-9-21/h8-13,20,22H,4-7,14-19H2,1-3H3. The molecule has 2 fully saturated rings. The lowest BCUT2D eigenvalue weighted by atomic mass is 9.84. The summed E-state index contributed by atoms with van der Waals surface area (Å²) < 4.78 is 5.22. The zero-order chi connectivity index (χ0) is 24.8. The van der Waals surface area contributed by atoms with Crippen LogP contribution >= 0.6 is 0 Å². The van der Waals surface area contributed by atoms with Gasteiger partial charge in [-0.3, -0.25) is 9.59 Å². The number of hydrogen-bond donors (Lipinski definition) is 0. The van der Waals surface area contributed by atoms with Gasteiger partial charge in [0.15, 0.2) is 5.82 Å². The topological polar surface area (TPSA) is 78.9 Å². The average molecular weight is 480 g/mol. The molecule has 2 aliphatic rings. The minimum atomic E-state index is 0.0427. The predicted molar refractivity (Wildman–Crippen MR) is 136 cm³/mol. The number of benzene rings is 1. The molecule has 2 heterocycles. The largest absolute Gasteiger partial charge is 0.497 e. The first-order chi connectivity index (χ1) is 16.9. The molecular formula is C27H37N5O3. The van der Waals surface area contributed by atoms with Gasteiger partial charge in [0.05, 0.1) is 19.3 Å². The van der Waals surface area contributed by atoms with Gasteiger partial charge in [-0.05, 0) is 61.6 Å². The Morgan fingerprint density at radius 2 is 1.77 bits per heavy atom. The monoisotopic (exact) mass is 479 g/mol. The fraction of sp³-hybridized carbons (Fsp3) is 0.556. The van der Waals surface area contributed by atoms with Gasteiger partial charge < -0.3 is 19.4 Å². The van der Waals surface area contributed by atoms with Crippen LogP contribution in [0.5, 0.6) is 5.75 Å². The minimum Gasteiger partial charge on any atom is -0.497 e. The maximum atomic E-state index is 13.1. The molecule has 188 valence electrons. The molecule has 4 rings (SSSR count). The van der Waals surface area contributed by atoms with E-state index < -0.39 is 0 Å². The second kappa shape index (κ2) is 11.5. The lowest BCUT2D eigenvalue weighted by Gasteiger charge is -2.33. The van der Waals surface area contributed by atoms with Crippen molar-refractivity contribution in [2.24, 2.45) is 11.8 Å². The molecule has 2 amide bonds. The zero-order valence-electron chi connectivity index (χ0n) is 21.2. The first-order valence-corrected chi connectivity index (χ1v) is 12.7. The van der Waals surface area contributed by atoms with Gasteiger partial charge >= 0.3 is 0 Å². The van der Waals surface area contributed by atoms with Crippen LogP contribution in [0, 0.1) is 11.8 Å². The Morgan fingerprint density at radius 3 is 2.37 bits per heavy atom. The van der Waals surface area contributed by atoms with Gasteiger partial charge in [0, 0.05) is 44.2 Å². The Bertz CT molecular complexity index is 989. The van der Waals surface area contributed by atoms with E-state index in [1.165, 1.54) is 0 Å². The summed E-state index contributed by atoms with van der Waals surface area (Å²) in [6.45, 7) is 7.83.